The van der Waals surface area contributed by atoms with Gasteiger partial charge in [0.1, 0.15) is 5.60 Å². The Kier molecular flexibility index (Phi) is 7.13. The Morgan fingerprint density at radius 3 is 2.22 bits per heavy atom. The van der Waals surface area contributed by atoms with Crippen LogP contribution in [0.2, 0.25) is 0 Å². The number of carbonyl (C=O) groups is 1. The molecule has 8 heteroatoms. The van der Waals surface area contributed by atoms with Gasteiger partial charge in [-0.05, 0) is 33.6 Å². The summed E-state index contributed by atoms with van der Waals surface area (Å²) < 4.78 is 48.3. The standard InChI is InChI=1S/C15H27F3N2O3/c1-14(2,3)23-13(21)19-7-5-12(6-8-19)20(9-10-22-4)11-15(16,17)18/h12H,5-11H2,1-4H3. The van der Waals surface area contributed by atoms with Crippen LogP contribution in [0.15, 0.2) is 0 Å². The largest absolute Gasteiger partial charge is 0.444 e. The lowest BCUT2D eigenvalue weighted by Crippen LogP contribution is -2.50. The third-order valence-corrected chi connectivity index (χ3v) is 3.60. The number of halogens is 3. The zero-order valence-electron chi connectivity index (χ0n) is 14.3. The first-order valence-corrected chi connectivity index (χ1v) is 7.79. The van der Waals surface area contributed by atoms with Crippen LogP contribution in [0.5, 0.6) is 0 Å². The molecule has 1 saturated heterocycles. The van der Waals surface area contributed by atoms with Crippen LogP contribution in [0, 0.1) is 0 Å². The maximum atomic E-state index is 12.7. The lowest BCUT2D eigenvalue weighted by molar-refractivity contribution is -0.154. The second kappa shape index (κ2) is 8.19. The van der Waals surface area contributed by atoms with Crippen LogP contribution in [-0.4, -0.2) is 73.6 Å². The molecule has 0 aliphatic carbocycles. The van der Waals surface area contributed by atoms with E-state index in [9.17, 15) is 18.0 Å². The van der Waals surface area contributed by atoms with E-state index in [0.29, 0.717) is 25.9 Å². The Morgan fingerprint density at radius 2 is 1.78 bits per heavy atom. The first kappa shape index (κ1) is 20.0. The van der Waals surface area contributed by atoms with Crippen LogP contribution in [0.4, 0.5) is 18.0 Å². The normalized spacial score (nSPS) is 17.7. The molecule has 0 aromatic heterocycles. The SMILES string of the molecule is COCCN(CC(F)(F)F)C1CCN(C(=O)OC(C)(C)C)CC1. The Morgan fingerprint density at radius 1 is 1.22 bits per heavy atom. The molecule has 1 rings (SSSR count). The van der Waals surface area contributed by atoms with E-state index in [1.165, 1.54) is 12.0 Å². The minimum Gasteiger partial charge on any atom is -0.444 e. The molecule has 1 fully saturated rings. The zero-order chi connectivity index (χ0) is 17.7. The van der Waals surface area contributed by atoms with Gasteiger partial charge in [-0.2, -0.15) is 13.2 Å². The second-order valence-corrected chi connectivity index (χ2v) is 6.78. The third-order valence-electron chi connectivity index (χ3n) is 3.60. The lowest BCUT2D eigenvalue weighted by atomic mass is 10.0. The molecule has 0 aromatic carbocycles. The van der Waals surface area contributed by atoms with E-state index in [1.807, 2.05) is 0 Å². The molecule has 5 nitrogen and oxygen atoms in total. The summed E-state index contributed by atoms with van der Waals surface area (Å²) in [5.74, 6) is 0. The molecule has 1 aliphatic heterocycles. The number of likely N-dealkylation sites (tertiary alicyclic amines) is 1. The number of amides is 1. The highest BCUT2D eigenvalue weighted by Gasteiger charge is 2.36. The van der Waals surface area contributed by atoms with Crippen LogP contribution < -0.4 is 0 Å². The van der Waals surface area contributed by atoms with Crippen LogP contribution in [0.1, 0.15) is 33.6 Å². The van der Waals surface area contributed by atoms with Gasteiger partial charge in [-0.1, -0.05) is 0 Å². The van der Waals surface area contributed by atoms with E-state index >= 15 is 0 Å². The summed E-state index contributed by atoms with van der Waals surface area (Å²) in [6.07, 6.45) is -3.65. The highest BCUT2D eigenvalue weighted by atomic mass is 19.4. The monoisotopic (exact) mass is 340 g/mol. The number of alkyl halides is 3. The summed E-state index contributed by atoms with van der Waals surface area (Å²) >= 11 is 0. The van der Waals surface area contributed by atoms with Gasteiger partial charge in [0.15, 0.2) is 0 Å². The Bertz CT molecular complexity index is 375. The third kappa shape index (κ3) is 7.87. The number of ether oxygens (including phenoxy) is 2. The molecule has 23 heavy (non-hydrogen) atoms. The molecule has 0 N–H and O–H groups in total. The molecule has 0 radical (unpaired) electrons. The van der Waals surface area contributed by atoms with E-state index in [1.54, 1.807) is 25.7 Å². The number of nitrogens with zero attached hydrogens (tertiary/aromatic N) is 2. The maximum absolute atomic E-state index is 12.7. The lowest BCUT2D eigenvalue weighted by Gasteiger charge is -2.39. The molecule has 0 unspecified atom stereocenters. The number of methoxy groups -OCH3 is 1. The fraction of sp³-hybridized carbons (Fsp3) is 0.933. The highest BCUT2D eigenvalue weighted by Crippen LogP contribution is 2.23. The van der Waals surface area contributed by atoms with Gasteiger partial charge in [-0.15, -0.1) is 0 Å². The number of piperidine rings is 1. The van der Waals surface area contributed by atoms with Crippen LogP contribution in [0.25, 0.3) is 0 Å². The predicted molar refractivity (Wildman–Crippen MR) is 80.3 cm³/mol. The van der Waals surface area contributed by atoms with Gasteiger partial charge in [0, 0.05) is 32.8 Å². The molecule has 0 aromatic rings. The fourth-order valence-corrected chi connectivity index (χ4v) is 2.57. The van der Waals surface area contributed by atoms with Crippen LogP contribution >= 0.6 is 0 Å². The van der Waals surface area contributed by atoms with Crippen molar-refractivity contribution in [2.24, 2.45) is 0 Å². The summed E-state index contributed by atoms with van der Waals surface area (Å²) in [6.45, 7) is 5.69. The first-order chi connectivity index (χ1) is 10.5. The van der Waals surface area contributed by atoms with Crippen molar-refractivity contribution < 1.29 is 27.4 Å². The Balaban J connectivity index is 2.55. The molecule has 0 bridgehead atoms. The van der Waals surface area contributed by atoms with Crippen molar-refractivity contribution in [1.29, 1.82) is 0 Å². The van der Waals surface area contributed by atoms with Crippen molar-refractivity contribution in [2.75, 3.05) is 39.9 Å². The van der Waals surface area contributed by atoms with E-state index in [2.05, 4.69) is 0 Å². The average molecular weight is 340 g/mol. The molecule has 0 spiro atoms. The minimum absolute atomic E-state index is 0.203. The van der Waals surface area contributed by atoms with Gasteiger partial charge in [0.05, 0.1) is 13.2 Å². The van der Waals surface area contributed by atoms with E-state index in [0.717, 1.165) is 0 Å². The molecule has 1 heterocycles. The number of carbonyl (C=O) groups excluding carboxylic acids is 1. The summed E-state index contributed by atoms with van der Waals surface area (Å²) in [6, 6.07) is -0.203. The first-order valence-electron chi connectivity index (χ1n) is 7.79. The van der Waals surface area contributed by atoms with Gasteiger partial charge in [0.25, 0.3) is 0 Å². The molecule has 1 amide bonds. The van der Waals surface area contributed by atoms with Crippen LogP contribution in [0.3, 0.4) is 0 Å². The van der Waals surface area contributed by atoms with E-state index in [4.69, 9.17) is 9.47 Å². The molecule has 0 saturated carbocycles. The van der Waals surface area contributed by atoms with Crippen molar-refractivity contribution in [2.45, 2.75) is 51.4 Å². The van der Waals surface area contributed by atoms with Gasteiger partial charge >= 0.3 is 12.3 Å². The number of rotatable bonds is 5. The average Bonchev–Trinajstić information content (AvgIpc) is 2.40. The number of hydrogen-bond donors (Lipinski definition) is 0. The summed E-state index contributed by atoms with van der Waals surface area (Å²) in [4.78, 5) is 14.9. The van der Waals surface area contributed by atoms with E-state index < -0.39 is 24.4 Å². The van der Waals surface area contributed by atoms with Crippen molar-refractivity contribution in [3.8, 4) is 0 Å². The van der Waals surface area contributed by atoms with Gasteiger partial charge < -0.3 is 14.4 Å². The summed E-state index contributed by atoms with van der Waals surface area (Å²) in [5.41, 5.74) is -0.575. The molecular formula is C15H27F3N2O3. The van der Waals surface area contributed by atoms with E-state index in [-0.39, 0.29) is 19.2 Å². The number of hydrogen-bond acceptors (Lipinski definition) is 4. The van der Waals surface area contributed by atoms with Crippen LogP contribution in [-0.2, 0) is 9.47 Å². The fourth-order valence-electron chi connectivity index (χ4n) is 2.57. The molecule has 0 atom stereocenters. The summed E-state index contributed by atoms with van der Waals surface area (Å²) in [7, 11) is 1.47. The Labute approximate surface area is 135 Å². The van der Waals surface area contributed by atoms with Crippen molar-refractivity contribution in [3.05, 3.63) is 0 Å². The quantitative estimate of drug-likeness (QED) is 0.772. The van der Waals surface area contributed by atoms with Gasteiger partial charge in [0.2, 0.25) is 0 Å². The van der Waals surface area contributed by atoms with Crippen molar-refractivity contribution in [1.82, 2.24) is 9.80 Å². The zero-order valence-corrected chi connectivity index (χ0v) is 14.3. The maximum Gasteiger partial charge on any atom is 0.410 e. The molecular weight excluding hydrogens is 313 g/mol. The smallest absolute Gasteiger partial charge is 0.410 e. The van der Waals surface area contributed by atoms with Crippen molar-refractivity contribution >= 4 is 6.09 Å². The molecule has 136 valence electrons. The highest BCUT2D eigenvalue weighted by molar-refractivity contribution is 5.68. The second-order valence-electron chi connectivity index (χ2n) is 6.78. The summed E-state index contributed by atoms with van der Waals surface area (Å²) in [5, 5.41) is 0. The topological polar surface area (TPSA) is 42.0 Å². The van der Waals surface area contributed by atoms with Gasteiger partial charge in [-0.25, -0.2) is 4.79 Å². The predicted octanol–water partition coefficient (Wildman–Crippen LogP) is 2.90. The van der Waals surface area contributed by atoms with Crippen molar-refractivity contribution in [3.63, 3.8) is 0 Å². The van der Waals surface area contributed by atoms with Gasteiger partial charge in [-0.3, -0.25) is 4.90 Å². The molecule has 1 aliphatic rings. The Hall–Kier alpha value is -1.02. The minimum atomic E-state index is -4.24.